The van der Waals surface area contributed by atoms with Crippen molar-refractivity contribution >= 4 is 57.8 Å². The molecule has 1 fully saturated rings. The number of aromatic carboxylic acids is 1. The van der Waals surface area contributed by atoms with Crippen LogP contribution in [0.25, 0.3) is 6.08 Å². The molecule has 154 valence electrons. The largest absolute Gasteiger partial charge is 0.507 e. The number of nitrogens with one attached hydrogen (secondary N) is 1. The van der Waals surface area contributed by atoms with Gasteiger partial charge in [0.1, 0.15) is 21.5 Å². The first kappa shape index (κ1) is 21.5. The summed E-state index contributed by atoms with van der Waals surface area (Å²) in [6.07, 6.45) is 1.45. The second-order valence-electron chi connectivity index (χ2n) is 6.22. The maximum absolute atomic E-state index is 13.3. The van der Waals surface area contributed by atoms with Crippen molar-refractivity contribution in [2.45, 2.75) is 6.42 Å². The fourth-order valence-corrected chi connectivity index (χ4v) is 3.97. The second-order valence-corrected chi connectivity index (χ2v) is 7.90. The van der Waals surface area contributed by atoms with Crippen LogP contribution in [0.3, 0.4) is 0 Å². The minimum Gasteiger partial charge on any atom is -0.507 e. The molecule has 0 spiro atoms. The Kier molecular flexibility index (Phi) is 6.48. The van der Waals surface area contributed by atoms with Gasteiger partial charge in [0, 0.05) is 18.7 Å². The van der Waals surface area contributed by atoms with Crippen molar-refractivity contribution in [2.24, 2.45) is 0 Å². The third-order valence-corrected chi connectivity index (χ3v) is 5.47. The zero-order valence-corrected chi connectivity index (χ0v) is 16.9. The highest BCUT2D eigenvalue weighted by atomic mass is 32.2. The Labute approximate surface area is 180 Å². The molecule has 0 aromatic heterocycles. The molecule has 0 bridgehead atoms. The van der Waals surface area contributed by atoms with E-state index in [1.165, 1.54) is 35.2 Å². The molecule has 30 heavy (non-hydrogen) atoms. The lowest BCUT2D eigenvalue weighted by atomic mass is 10.1. The molecular weight excluding hydrogens is 431 g/mol. The quantitative estimate of drug-likeness (QED) is 0.354. The second kappa shape index (κ2) is 9.06. The number of carboxylic acids is 1. The third kappa shape index (κ3) is 5.02. The van der Waals surface area contributed by atoms with Gasteiger partial charge >= 0.3 is 5.97 Å². The van der Waals surface area contributed by atoms with E-state index in [-0.39, 0.29) is 34.4 Å². The Morgan fingerprint density at radius 1 is 1.23 bits per heavy atom. The van der Waals surface area contributed by atoms with E-state index in [4.69, 9.17) is 17.3 Å². The minimum atomic E-state index is -1.33. The standard InChI is InChI=1S/C20H15FN2O5S2/c21-12-3-1-2-11(8-12)9-16-18(26)23(20(29)30-16)7-6-17(25)22-13-4-5-15(24)14(10-13)19(27)28/h1-5,8-10,24H,6-7H2,(H,22,25)(H,27,28). The van der Waals surface area contributed by atoms with E-state index in [1.807, 2.05) is 0 Å². The van der Waals surface area contributed by atoms with Crippen LogP contribution in [0, 0.1) is 5.82 Å². The summed E-state index contributed by atoms with van der Waals surface area (Å²) in [4.78, 5) is 37.4. The van der Waals surface area contributed by atoms with Crippen molar-refractivity contribution in [3.05, 3.63) is 64.3 Å². The van der Waals surface area contributed by atoms with Crippen LogP contribution in [0.15, 0.2) is 47.4 Å². The van der Waals surface area contributed by atoms with E-state index in [2.05, 4.69) is 5.32 Å². The molecule has 2 aromatic carbocycles. The van der Waals surface area contributed by atoms with Gasteiger partial charge in [0.2, 0.25) is 5.91 Å². The summed E-state index contributed by atoms with van der Waals surface area (Å²) in [5, 5.41) is 21.0. The number of carbonyl (C=O) groups excluding carboxylic acids is 2. The highest BCUT2D eigenvalue weighted by Crippen LogP contribution is 2.32. The van der Waals surface area contributed by atoms with Gasteiger partial charge in [0.05, 0.1) is 4.91 Å². The van der Waals surface area contributed by atoms with E-state index in [9.17, 15) is 23.9 Å². The normalized spacial score (nSPS) is 15.0. The number of benzene rings is 2. The van der Waals surface area contributed by atoms with Crippen LogP contribution in [0.1, 0.15) is 22.3 Å². The highest BCUT2D eigenvalue weighted by molar-refractivity contribution is 8.26. The summed E-state index contributed by atoms with van der Waals surface area (Å²) in [6, 6.07) is 9.45. The first-order valence-corrected chi connectivity index (χ1v) is 9.84. The third-order valence-electron chi connectivity index (χ3n) is 4.09. The number of carboxylic acid groups (broad SMARTS) is 1. The van der Waals surface area contributed by atoms with Gasteiger partial charge in [-0.1, -0.05) is 36.1 Å². The van der Waals surface area contributed by atoms with E-state index >= 15 is 0 Å². The number of rotatable bonds is 6. The molecule has 0 saturated carbocycles. The van der Waals surface area contributed by atoms with Crippen LogP contribution in [0.5, 0.6) is 5.75 Å². The lowest BCUT2D eigenvalue weighted by Gasteiger charge is -2.14. The number of carbonyl (C=O) groups is 3. The van der Waals surface area contributed by atoms with Crippen molar-refractivity contribution in [3.8, 4) is 5.75 Å². The Morgan fingerprint density at radius 3 is 2.70 bits per heavy atom. The number of thiocarbonyl (C=S) groups is 1. The Hall–Kier alpha value is -3.24. The zero-order chi connectivity index (χ0) is 21.8. The number of phenols is 1. The topological polar surface area (TPSA) is 107 Å². The Morgan fingerprint density at radius 2 is 2.00 bits per heavy atom. The molecule has 3 rings (SSSR count). The van der Waals surface area contributed by atoms with E-state index in [0.717, 1.165) is 23.9 Å². The van der Waals surface area contributed by atoms with Crippen LogP contribution in [-0.2, 0) is 9.59 Å². The lowest BCUT2D eigenvalue weighted by molar-refractivity contribution is -0.122. The molecule has 0 atom stereocenters. The summed E-state index contributed by atoms with van der Waals surface area (Å²) < 4.78 is 13.6. The van der Waals surface area contributed by atoms with Gasteiger partial charge in [-0.15, -0.1) is 0 Å². The van der Waals surface area contributed by atoms with Crippen molar-refractivity contribution in [2.75, 3.05) is 11.9 Å². The number of halogens is 1. The van der Waals surface area contributed by atoms with Crippen LogP contribution >= 0.6 is 24.0 Å². The summed E-state index contributed by atoms with van der Waals surface area (Å²) in [5.74, 6) is -2.99. The molecule has 2 aromatic rings. The van der Waals surface area contributed by atoms with Crippen LogP contribution in [0.4, 0.5) is 10.1 Å². The summed E-state index contributed by atoms with van der Waals surface area (Å²) >= 11 is 6.27. The average Bonchev–Trinajstić information content (AvgIpc) is 2.94. The minimum absolute atomic E-state index is 0.0286. The molecule has 10 heteroatoms. The van der Waals surface area contributed by atoms with Crippen molar-refractivity contribution in [1.29, 1.82) is 0 Å². The molecule has 0 radical (unpaired) electrons. The molecule has 3 N–H and O–H groups in total. The SMILES string of the molecule is O=C(CCN1C(=O)C(=Cc2cccc(F)c2)SC1=S)Nc1ccc(O)c(C(=O)O)c1. The lowest BCUT2D eigenvalue weighted by Crippen LogP contribution is -2.31. The van der Waals surface area contributed by atoms with Gasteiger partial charge in [0.15, 0.2) is 0 Å². The number of hydrogen-bond donors (Lipinski definition) is 3. The molecule has 2 amide bonds. The van der Waals surface area contributed by atoms with Crippen molar-refractivity contribution < 1.29 is 29.0 Å². The summed E-state index contributed by atoms with van der Waals surface area (Å²) in [5.41, 5.74) is 0.383. The summed E-state index contributed by atoms with van der Waals surface area (Å²) in [6.45, 7) is 0.0286. The van der Waals surface area contributed by atoms with E-state index in [0.29, 0.717) is 10.5 Å². The van der Waals surface area contributed by atoms with Gasteiger partial charge in [-0.2, -0.15) is 0 Å². The Balaban J connectivity index is 1.62. The maximum atomic E-state index is 13.3. The average molecular weight is 446 g/mol. The predicted molar refractivity (Wildman–Crippen MR) is 115 cm³/mol. The fourth-order valence-electron chi connectivity index (χ4n) is 2.66. The molecule has 1 aliphatic rings. The first-order chi connectivity index (χ1) is 14.2. The predicted octanol–water partition coefficient (Wildman–Crippen LogP) is 3.46. The van der Waals surface area contributed by atoms with E-state index < -0.39 is 23.4 Å². The van der Waals surface area contributed by atoms with Crippen LogP contribution in [-0.4, -0.2) is 43.8 Å². The monoisotopic (exact) mass is 446 g/mol. The van der Waals surface area contributed by atoms with Gasteiger partial charge < -0.3 is 15.5 Å². The first-order valence-electron chi connectivity index (χ1n) is 8.61. The molecule has 7 nitrogen and oxygen atoms in total. The molecule has 1 saturated heterocycles. The number of nitrogens with zero attached hydrogens (tertiary/aromatic N) is 1. The van der Waals surface area contributed by atoms with Crippen LogP contribution in [0.2, 0.25) is 0 Å². The molecule has 0 unspecified atom stereocenters. The molecule has 1 aliphatic heterocycles. The van der Waals surface area contributed by atoms with Crippen molar-refractivity contribution in [1.82, 2.24) is 4.90 Å². The maximum Gasteiger partial charge on any atom is 0.339 e. The van der Waals surface area contributed by atoms with Gasteiger partial charge in [-0.25, -0.2) is 9.18 Å². The fraction of sp³-hybridized carbons (Fsp3) is 0.100. The highest BCUT2D eigenvalue weighted by Gasteiger charge is 2.32. The zero-order valence-electron chi connectivity index (χ0n) is 15.3. The molecular formula is C20H15FN2O5S2. The Bertz CT molecular complexity index is 1090. The number of hydrogen-bond acceptors (Lipinski definition) is 6. The van der Waals surface area contributed by atoms with Crippen LogP contribution < -0.4 is 5.32 Å². The number of thioether (sulfide) groups is 1. The number of aromatic hydroxyl groups is 1. The van der Waals surface area contributed by atoms with Gasteiger partial charge in [-0.05, 0) is 42.0 Å². The van der Waals surface area contributed by atoms with Gasteiger partial charge in [-0.3, -0.25) is 14.5 Å². The number of amides is 2. The number of anilines is 1. The van der Waals surface area contributed by atoms with E-state index in [1.54, 1.807) is 6.07 Å². The summed E-state index contributed by atoms with van der Waals surface area (Å²) in [7, 11) is 0. The van der Waals surface area contributed by atoms with Crippen molar-refractivity contribution in [3.63, 3.8) is 0 Å². The smallest absolute Gasteiger partial charge is 0.339 e. The molecule has 1 heterocycles. The molecule has 0 aliphatic carbocycles. The van der Waals surface area contributed by atoms with Gasteiger partial charge in [0.25, 0.3) is 5.91 Å².